The Morgan fingerprint density at radius 2 is 1.92 bits per heavy atom. The van der Waals surface area contributed by atoms with Crippen LogP contribution in [0.5, 0.6) is 5.75 Å². The van der Waals surface area contributed by atoms with Gasteiger partial charge in [0.05, 0.1) is 18.2 Å². The summed E-state index contributed by atoms with van der Waals surface area (Å²) in [5.41, 5.74) is 1.38. The van der Waals surface area contributed by atoms with Crippen LogP contribution in [0.2, 0.25) is 0 Å². The van der Waals surface area contributed by atoms with E-state index in [1.165, 1.54) is 32.1 Å². The Balaban J connectivity index is 1.57. The molecule has 1 aliphatic carbocycles. The molecule has 2 amide bonds. The number of carbonyl (C=O) groups excluding carboxylic acids is 2. The molecule has 200 valence electrons. The van der Waals surface area contributed by atoms with E-state index in [2.05, 4.69) is 29.2 Å². The maximum Gasteiger partial charge on any atom is 0.258 e. The van der Waals surface area contributed by atoms with E-state index in [4.69, 9.17) is 4.74 Å². The average molecular weight is 509 g/mol. The Hall–Kier alpha value is -2.97. The molecule has 1 saturated carbocycles. The van der Waals surface area contributed by atoms with Gasteiger partial charge in [-0.05, 0) is 63.1 Å². The van der Waals surface area contributed by atoms with E-state index in [0.29, 0.717) is 29.1 Å². The van der Waals surface area contributed by atoms with Crippen LogP contribution in [-0.4, -0.2) is 77.1 Å². The van der Waals surface area contributed by atoms with Crippen molar-refractivity contribution in [1.82, 2.24) is 14.8 Å². The minimum atomic E-state index is -0.336. The first-order chi connectivity index (χ1) is 17.9. The number of fused-ring (bicyclic) bond motifs is 1. The van der Waals surface area contributed by atoms with Crippen LogP contribution in [0.3, 0.4) is 0 Å². The zero-order valence-corrected chi connectivity index (χ0v) is 22.2. The van der Waals surface area contributed by atoms with Gasteiger partial charge in [0.1, 0.15) is 11.9 Å². The van der Waals surface area contributed by atoms with Crippen molar-refractivity contribution in [2.45, 2.75) is 58.1 Å². The highest BCUT2D eigenvalue weighted by atomic mass is 16.5. The number of aromatic nitrogens is 1. The summed E-state index contributed by atoms with van der Waals surface area (Å²) < 4.78 is 6.51. The lowest BCUT2D eigenvalue weighted by Crippen LogP contribution is -2.50. The van der Waals surface area contributed by atoms with Crippen molar-refractivity contribution in [3.63, 3.8) is 0 Å². The second-order valence-corrected chi connectivity index (χ2v) is 10.7. The third-order valence-electron chi connectivity index (χ3n) is 7.65. The lowest BCUT2D eigenvalue weighted by Gasteiger charge is -2.38. The van der Waals surface area contributed by atoms with Crippen molar-refractivity contribution in [2.75, 3.05) is 38.6 Å². The summed E-state index contributed by atoms with van der Waals surface area (Å²) in [6, 6.07) is 8.14. The molecule has 8 heteroatoms. The van der Waals surface area contributed by atoms with Gasteiger partial charge in [0.15, 0.2) is 0 Å². The lowest BCUT2D eigenvalue weighted by atomic mass is 9.89. The Morgan fingerprint density at radius 1 is 1.19 bits per heavy atom. The molecule has 8 nitrogen and oxygen atoms in total. The van der Waals surface area contributed by atoms with Crippen molar-refractivity contribution in [3.05, 3.63) is 53.9 Å². The number of hydrogen-bond donors (Lipinski definition) is 2. The van der Waals surface area contributed by atoms with Crippen LogP contribution in [0.1, 0.15) is 66.7 Å². The number of nitrogens with zero attached hydrogens (tertiary/aromatic N) is 3. The van der Waals surface area contributed by atoms with Crippen LogP contribution in [0, 0.1) is 11.8 Å². The topological polar surface area (TPSA) is 95.0 Å². The number of aliphatic hydroxyl groups is 1. The van der Waals surface area contributed by atoms with Crippen LogP contribution in [-0.2, 0) is 0 Å². The molecule has 2 heterocycles. The largest absolute Gasteiger partial charge is 0.488 e. The van der Waals surface area contributed by atoms with Crippen molar-refractivity contribution in [3.8, 4) is 5.75 Å². The fourth-order valence-electron chi connectivity index (χ4n) is 5.42. The Bertz CT molecular complexity index is 1060. The molecular formula is C29H40N4O4. The maximum absolute atomic E-state index is 13.6. The second kappa shape index (κ2) is 12.5. The summed E-state index contributed by atoms with van der Waals surface area (Å²) in [7, 11) is 2.15. The SMILES string of the molecule is C[C@@H]1CN([C@@H](C)CO)C(=O)c2cc(NC(=O)c3ccncc3)ccc2O[C@@H]1CN(C)CC1CCCCC1. The molecule has 2 N–H and O–H groups in total. The van der Waals surface area contributed by atoms with Crippen LogP contribution >= 0.6 is 0 Å². The monoisotopic (exact) mass is 508 g/mol. The molecule has 2 aliphatic rings. The van der Waals surface area contributed by atoms with Gasteiger partial charge in [-0.1, -0.05) is 26.2 Å². The Labute approximate surface area is 220 Å². The van der Waals surface area contributed by atoms with Crippen LogP contribution in [0.4, 0.5) is 5.69 Å². The quantitative estimate of drug-likeness (QED) is 0.558. The van der Waals surface area contributed by atoms with E-state index < -0.39 is 0 Å². The molecule has 3 atom stereocenters. The third-order valence-corrected chi connectivity index (χ3v) is 7.65. The van der Waals surface area contributed by atoms with Gasteiger partial charge in [0.2, 0.25) is 0 Å². The lowest BCUT2D eigenvalue weighted by molar-refractivity contribution is 0.0330. The van der Waals surface area contributed by atoms with Gasteiger partial charge in [-0.15, -0.1) is 0 Å². The van der Waals surface area contributed by atoms with E-state index >= 15 is 0 Å². The third kappa shape index (κ3) is 6.87. The number of benzene rings is 1. The number of likely N-dealkylation sites (N-methyl/N-ethyl adjacent to an activating group) is 1. The van der Waals surface area contributed by atoms with Gasteiger partial charge < -0.3 is 25.0 Å². The van der Waals surface area contributed by atoms with Gasteiger partial charge in [-0.25, -0.2) is 0 Å². The summed E-state index contributed by atoms with van der Waals surface area (Å²) in [5.74, 6) is 0.819. The zero-order valence-electron chi connectivity index (χ0n) is 22.2. The Kier molecular flexibility index (Phi) is 9.16. The number of aliphatic hydroxyl groups excluding tert-OH is 1. The van der Waals surface area contributed by atoms with Crippen molar-refractivity contribution >= 4 is 17.5 Å². The summed E-state index contributed by atoms with van der Waals surface area (Å²) >= 11 is 0. The van der Waals surface area contributed by atoms with E-state index in [-0.39, 0.29) is 36.5 Å². The molecule has 0 spiro atoms. The van der Waals surface area contributed by atoms with Crippen molar-refractivity contribution in [2.24, 2.45) is 11.8 Å². The van der Waals surface area contributed by atoms with E-state index in [1.54, 1.807) is 47.6 Å². The minimum Gasteiger partial charge on any atom is -0.488 e. The van der Waals surface area contributed by atoms with E-state index in [0.717, 1.165) is 19.0 Å². The summed E-state index contributed by atoms with van der Waals surface area (Å²) in [4.78, 5) is 34.4. The predicted octanol–water partition coefficient (Wildman–Crippen LogP) is 4.07. The molecule has 1 fully saturated rings. The van der Waals surface area contributed by atoms with Gasteiger partial charge in [-0.2, -0.15) is 0 Å². The first kappa shape index (κ1) is 27.1. The molecule has 4 rings (SSSR count). The Morgan fingerprint density at radius 3 is 2.62 bits per heavy atom. The number of carbonyl (C=O) groups is 2. The predicted molar refractivity (Wildman–Crippen MR) is 144 cm³/mol. The van der Waals surface area contributed by atoms with E-state index in [9.17, 15) is 14.7 Å². The highest BCUT2D eigenvalue weighted by molar-refractivity contribution is 6.05. The summed E-state index contributed by atoms with van der Waals surface area (Å²) in [6.45, 7) is 6.13. The standard InChI is InChI=1S/C29H40N4O4/c1-20-16-33(21(2)19-34)29(36)25-15-24(31-28(35)23-11-13-30-14-12-23)9-10-26(25)37-27(20)18-32(3)17-22-7-5-4-6-8-22/h9-15,20-22,27,34H,4-8,16-19H2,1-3H3,(H,31,35)/t20-,21+,27-/m1/s1. The van der Waals surface area contributed by atoms with Crippen molar-refractivity contribution in [1.29, 1.82) is 0 Å². The van der Waals surface area contributed by atoms with Gasteiger partial charge in [0.25, 0.3) is 11.8 Å². The van der Waals surface area contributed by atoms with Crippen LogP contribution in [0.25, 0.3) is 0 Å². The number of nitrogens with one attached hydrogen (secondary N) is 1. The number of hydrogen-bond acceptors (Lipinski definition) is 6. The van der Waals surface area contributed by atoms with Crippen molar-refractivity contribution < 1.29 is 19.4 Å². The molecule has 1 aromatic carbocycles. The second-order valence-electron chi connectivity index (χ2n) is 10.7. The number of pyridine rings is 1. The average Bonchev–Trinajstić information content (AvgIpc) is 2.91. The van der Waals surface area contributed by atoms with Gasteiger partial charge in [0, 0.05) is 49.2 Å². The maximum atomic E-state index is 13.6. The van der Waals surface area contributed by atoms with E-state index in [1.807, 2.05) is 6.92 Å². The highest BCUT2D eigenvalue weighted by Crippen LogP contribution is 2.31. The zero-order chi connectivity index (χ0) is 26.4. The number of rotatable bonds is 8. The molecule has 1 aromatic heterocycles. The molecule has 1 aliphatic heterocycles. The molecule has 2 aromatic rings. The fraction of sp³-hybridized carbons (Fsp3) is 0.552. The number of ether oxygens (including phenoxy) is 1. The molecule has 0 radical (unpaired) electrons. The first-order valence-corrected chi connectivity index (χ1v) is 13.5. The minimum absolute atomic E-state index is 0.0750. The fourth-order valence-corrected chi connectivity index (χ4v) is 5.42. The van der Waals surface area contributed by atoms with Gasteiger partial charge >= 0.3 is 0 Å². The number of amides is 2. The molecular weight excluding hydrogens is 468 g/mol. The highest BCUT2D eigenvalue weighted by Gasteiger charge is 2.34. The summed E-state index contributed by atoms with van der Waals surface area (Å²) in [5, 5.41) is 12.8. The smallest absolute Gasteiger partial charge is 0.258 e. The van der Waals surface area contributed by atoms with Crippen LogP contribution in [0.15, 0.2) is 42.7 Å². The summed E-state index contributed by atoms with van der Waals surface area (Å²) in [6.07, 6.45) is 9.57. The van der Waals surface area contributed by atoms with Crippen LogP contribution < -0.4 is 10.1 Å². The molecule has 37 heavy (non-hydrogen) atoms. The first-order valence-electron chi connectivity index (χ1n) is 13.5. The molecule has 0 saturated heterocycles. The number of anilines is 1. The van der Waals surface area contributed by atoms with Gasteiger partial charge in [-0.3, -0.25) is 14.6 Å². The molecule has 0 unspecified atom stereocenters. The normalized spacial score (nSPS) is 21.5. The molecule has 0 bridgehead atoms.